The van der Waals surface area contributed by atoms with Crippen LogP contribution in [0, 0.1) is 0 Å². The molecule has 19 heavy (non-hydrogen) atoms. The number of methoxy groups -OCH3 is 1. The Morgan fingerprint density at radius 3 is 2.63 bits per heavy atom. The highest BCUT2D eigenvalue weighted by Gasteiger charge is 2.10. The van der Waals surface area contributed by atoms with E-state index in [1.54, 1.807) is 18.2 Å². The van der Waals surface area contributed by atoms with Crippen molar-refractivity contribution in [3.63, 3.8) is 0 Å². The van der Waals surface area contributed by atoms with Gasteiger partial charge < -0.3 is 15.4 Å². The molecular weight excluding hydrogens is 268 g/mol. The van der Waals surface area contributed by atoms with Crippen LogP contribution < -0.4 is 15.4 Å². The summed E-state index contributed by atoms with van der Waals surface area (Å²) in [5, 5.41) is 5.63. The number of hydrogen-bond donors (Lipinski definition) is 2. The van der Waals surface area contributed by atoms with Gasteiger partial charge in [-0.1, -0.05) is 18.5 Å². The second-order valence-electron chi connectivity index (χ2n) is 3.92. The van der Waals surface area contributed by atoms with E-state index in [9.17, 15) is 9.59 Å². The Morgan fingerprint density at radius 1 is 1.32 bits per heavy atom. The first-order valence-corrected chi connectivity index (χ1v) is 6.34. The average Bonchev–Trinajstić information content (AvgIpc) is 2.36. The van der Waals surface area contributed by atoms with Crippen molar-refractivity contribution in [3.8, 4) is 5.75 Å². The van der Waals surface area contributed by atoms with Gasteiger partial charge in [-0.2, -0.15) is 0 Å². The van der Waals surface area contributed by atoms with Gasteiger partial charge in [-0.15, -0.1) is 0 Å². The van der Waals surface area contributed by atoms with Gasteiger partial charge in [-0.05, 0) is 24.6 Å². The molecule has 2 N–H and O–H groups in total. The van der Waals surface area contributed by atoms with E-state index in [0.29, 0.717) is 23.0 Å². The fourth-order valence-electron chi connectivity index (χ4n) is 1.42. The van der Waals surface area contributed by atoms with Gasteiger partial charge in [-0.25, -0.2) is 0 Å². The summed E-state index contributed by atoms with van der Waals surface area (Å²) in [6.07, 6.45) is 0.630. The van der Waals surface area contributed by atoms with Crippen LogP contribution in [-0.2, 0) is 9.59 Å². The highest BCUT2D eigenvalue weighted by Crippen LogP contribution is 2.27. The maximum Gasteiger partial charge on any atom is 0.233 e. The molecule has 0 atom stereocenters. The molecule has 0 fully saturated rings. The maximum atomic E-state index is 11.6. The summed E-state index contributed by atoms with van der Waals surface area (Å²) < 4.78 is 5.01. The first-order chi connectivity index (χ1) is 9.06. The Labute approximate surface area is 117 Å². The smallest absolute Gasteiger partial charge is 0.233 e. The number of ether oxygens (including phenoxy) is 1. The third kappa shape index (κ3) is 5.18. The van der Waals surface area contributed by atoms with Crippen LogP contribution in [0.5, 0.6) is 5.75 Å². The standard InChI is InChI=1S/C13H17ClN2O3/c1-3-6-15-12(17)8-13(18)16-9-4-5-11(19-2)10(14)7-9/h4-5,7H,3,6,8H2,1-2H3,(H,15,17)(H,16,18). The molecule has 1 rings (SSSR count). The molecule has 1 aromatic carbocycles. The lowest BCUT2D eigenvalue weighted by molar-refractivity contribution is -0.126. The van der Waals surface area contributed by atoms with Gasteiger partial charge in [0, 0.05) is 12.2 Å². The molecule has 0 unspecified atom stereocenters. The monoisotopic (exact) mass is 284 g/mol. The molecule has 0 saturated carbocycles. The predicted octanol–water partition coefficient (Wildman–Crippen LogP) is 2.20. The Balaban J connectivity index is 2.52. The van der Waals surface area contributed by atoms with Crippen LogP contribution in [0.2, 0.25) is 5.02 Å². The number of benzene rings is 1. The van der Waals surface area contributed by atoms with Crippen LogP contribution in [0.3, 0.4) is 0 Å². The summed E-state index contributed by atoms with van der Waals surface area (Å²) in [5.74, 6) is -0.144. The predicted molar refractivity (Wildman–Crippen MR) is 74.6 cm³/mol. The van der Waals surface area contributed by atoms with Crippen molar-refractivity contribution in [2.75, 3.05) is 19.0 Å². The fourth-order valence-corrected chi connectivity index (χ4v) is 1.68. The molecule has 1 aromatic rings. The maximum absolute atomic E-state index is 11.6. The van der Waals surface area contributed by atoms with E-state index in [4.69, 9.17) is 16.3 Å². The second-order valence-corrected chi connectivity index (χ2v) is 4.33. The Morgan fingerprint density at radius 2 is 2.05 bits per heavy atom. The van der Waals surface area contributed by atoms with E-state index in [1.807, 2.05) is 6.92 Å². The van der Waals surface area contributed by atoms with Crippen LogP contribution in [0.25, 0.3) is 0 Å². The molecule has 0 spiro atoms. The Kier molecular flexibility index (Phi) is 6.15. The van der Waals surface area contributed by atoms with Gasteiger partial charge in [0.2, 0.25) is 11.8 Å². The minimum atomic E-state index is -0.380. The topological polar surface area (TPSA) is 67.4 Å². The molecule has 0 radical (unpaired) electrons. The fraction of sp³-hybridized carbons (Fsp3) is 0.385. The zero-order chi connectivity index (χ0) is 14.3. The number of halogens is 1. The van der Waals surface area contributed by atoms with E-state index in [0.717, 1.165) is 6.42 Å². The van der Waals surface area contributed by atoms with Gasteiger partial charge in [0.15, 0.2) is 0 Å². The van der Waals surface area contributed by atoms with E-state index >= 15 is 0 Å². The van der Waals surface area contributed by atoms with Crippen molar-refractivity contribution in [2.24, 2.45) is 0 Å². The third-order valence-corrected chi connectivity index (χ3v) is 2.62. The number of anilines is 1. The van der Waals surface area contributed by atoms with Crippen molar-refractivity contribution < 1.29 is 14.3 Å². The molecule has 0 bridgehead atoms. The zero-order valence-corrected chi connectivity index (χ0v) is 11.7. The summed E-state index contributed by atoms with van der Waals surface area (Å²) in [4.78, 5) is 23.0. The van der Waals surface area contributed by atoms with Gasteiger partial charge in [-0.3, -0.25) is 9.59 Å². The molecule has 104 valence electrons. The molecule has 5 nitrogen and oxygen atoms in total. The van der Waals surface area contributed by atoms with Crippen LogP contribution >= 0.6 is 11.6 Å². The van der Waals surface area contributed by atoms with Crippen molar-refractivity contribution in [1.29, 1.82) is 0 Å². The molecule has 0 heterocycles. The van der Waals surface area contributed by atoms with Crippen molar-refractivity contribution >= 4 is 29.1 Å². The van der Waals surface area contributed by atoms with Gasteiger partial charge in [0.05, 0.1) is 12.1 Å². The van der Waals surface area contributed by atoms with E-state index in [2.05, 4.69) is 10.6 Å². The number of amides is 2. The molecule has 0 aliphatic carbocycles. The number of nitrogens with one attached hydrogen (secondary N) is 2. The van der Waals surface area contributed by atoms with Crippen LogP contribution in [0.15, 0.2) is 18.2 Å². The quantitative estimate of drug-likeness (QED) is 0.787. The minimum Gasteiger partial charge on any atom is -0.495 e. The molecule has 2 amide bonds. The third-order valence-electron chi connectivity index (χ3n) is 2.33. The summed E-state index contributed by atoms with van der Waals surface area (Å²) in [6.45, 7) is 2.51. The largest absolute Gasteiger partial charge is 0.495 e. The van der Waals surface area contributed by atoms with E-state index in [-0.39, 0.29) is 18.2 Å². The normalized spacial score (nSPS) is 9.84. The molecule has 0 aliphatic heterocycles. The summed E-state index contributed by atoms with van der Waals surface area (Å²) in [7, 11) is 1.51. The summed E-state index contributed by atoms with van der Waals surface area (Å²) in [5.41, 5.74) is 0.527. The lowest BCUT2D eigenvalue weighted by atomic mass is 10.3. The second kappa shape index (κ2) is 7.63. The van der Waals surface area contributed by atoms with Gasteiger partial charge in [0.25, 0.3) is 0 Å². The van der Waals surface area contributed by atoms with Crippen LogP contribution in [0.1, 0.15) is 19.8 Å². The first-order valence-electron chi connectivity index (χ1n) is 5.97. The summed E-state index contributed by atoms with van der Waals surface area (Å²) in [6, 6.07) is 4.88. The van der Waals surface area contributed by atoms with Gasteiger partial charge in [0.1, 0.15) is 12.2 Å². The average molecular weight is 285 g/mol. The highest BCUT2D eigenvalue weighted by atomic mass is 35.5. The van der Waals surface area contributed by atoms with Crippen molar-refractivity contribution in [1.82, 2.24) is 5.32 Å². The number of carbonyl (C=O) groups excluding carboxylic acids is 2. The van der Waals surface area contributed by atoms with Crippen molar-refractivity contribution in [2.45, 2.75) is 19.8 Å². The number of carbonyl (C=O) groups is 2. The van der Waals surface area contributed by atoms with Crippen molar-refractivity contribution in [3.05, 3.63) is 23.2 Å². The lowest BCUT2D eigenvalue weighted by Crippen LogP contribution is -2.28. The molecule has 0 aliphatic rings. The molecular formula is C13H17ClN2O3. The lowest BCUT2D eigenvalue weighted by Gasteiger charge is -2.08. The SMILES string of the molecule is CCCNC(=O)CC(=O)Nc1ccc(OC)c(Cl)c1. The number of hydrogen-bond acceptors (Lipinski definition) is 3. The van der Waals surface area contributed by atoms with E-state index < -0.39 is 0 Å². The first kappa shape index (κ1) is 15.3. The zero-order valence-electron chi connectivity index (χ0n) is 11.0. The Hall–Kier alpha value is -1.75. The van der Waals surface area contributed by atoms with E-state index in [1.165, 1.54) is 7.11 Å². The highest BCUT2D eigenvalue weighted by molar-refractivity contribution is 6.32. The van der Waals surface area contributed by atoms with Crippen LogP contribution in [0.4, 0.5) is 5.69 Å². The molecule has 6 heteroatoms. The Bertz CT molecular complexity index is 463. The molecule has 0 saturated heterocycles. The van der Waals surface area contributed by atoms with Gasteiger partial charge >= 0.3 is 0 Å². The summed E-state index contributed by atoms with van der Waals surface area (Å²) >= 11 is 5.93. The minimum absolute atomic E-state index is 0.205. The molecule has 0 aromatic heterocycles. The number of rotatable bonds is 6. The van der Waals surface area contributed by atoms with Crippen LogP contribution in [-0.4, -0.2) is 25.5 Å².